The second-order valence-corrected chi connectivity index (χ2v) is 10.4. The van der Waals surface area contributed by atoms with Crippen LogP contribution < -0.4 is 0 Å². The number of carboxylic acids is 1. The van der Waals surface area contributed by atoms with Crippen LogP contribution in [0.1, 0.15) is 94.6 Å². The minimum Gasteiger partial charge on any atom is -0.478 e. The minimum atomic E-state index is -0.823. The number of fused-ring (bicyclic) bond motifs is 8. The minimum absolute atomic E-state index is 0.235. The van der Waals surface area contributed by atoms with Crippen molar-refractivity contribution in [3.8, 4) is 0 Å². The summed E-state index contributed by atoms with van der Waals surface area (Å²) in [6.07, 6.45) is 7.63. The van der Waals surface area contributed by atoms with Gasteiger partial charge < -0.3 is 9.84 Å². The lowest BCUT2D eigenvalue weighted by molar-refractivity contribution is -0.193. The fraction of sp³-hybridized carbons (Fsp3) is 0.484. The van der Waals surface area contributed by atoms with Gasteiger partial charge in [-0.2, -0.15) is 19.2 Å². The Labute approximate surface area is 239 Å². The highest BCUT2D eigenvalue weighted by molar-refractivity contribution is 5.89. The molecule has 4 aliphatic heterocycles. The summed E-state index contributed by atoms with van der Waals surface area (Å²) in [5.74, 6) is -1.06. The molecule has 2 aromatic carbocycles. The Hall–Kier alpha value is -3.94. The highest BCUT2D eigenvalue weighted by Gasteiger charge is 2.40. The predicted molar refractivity (Wildman–Crippen MR) is 145 cm³/mol. The number of nitrogens with zero attached hydrogens (tertiary/aromatic N) is 2. The summed E-state index contributed by atoms with van der Waals surface area (Å²) in [6, 6.07) is 14.0. The van der Waals surface area contributed by atoms with Gasteiger partial charge in [0.15, 0.2) is 0 Å². The molecule has 1 N–H and O–H groups in total. The molecule has 0 radical (unpaired) electrons. The van der Waals surface area contributed by atoms with Crippen LogP contribution in [0.5, 0.6) is 0 Å². The molecule has 4 bridgehead atoms. The van der Waals surface area contributed by atoms with E-state index in [-0.39, 0.29) is 18.3 Å². The average Bonchev–Trinajstić information content (AvgIpc) is 3.45. The van der Waals surface area contributed by atoms with Gasteiger partial charge in [0.25, 0.3) is 0 Å². The van der Waals surface area contributed by atoms with Gasteiger partial charge in [0.1, 0.15) is 0 Å². The second-order valence-electron chi connectivity index (χ2n) is 10.4. The summed E-state index contributed by atoms with van der Waals surface area (Å²) >= 11 is 0. The molecular weight excluding hydrogens is 528 g/mol. The van der Waals surface area contributed by atoms with Crippen LogP contribution in [0.3, 0.4) is 0 Å². The van der Waals surface area contributed by atoms with Gasteiger partial charge in [-0.1, -0.05) is 26.0 Å². The maximum absolute atomic E-state index is 11.6. The lowest BCUT2D eigenvalue weighted by atomic mass is 9.91. The summed E-state index contributed by atoms with van der Waals surface area (Å²) in [6.45, 7) is 6.57. The van der Waals surface area contributed by atoms with E-state index in [2.05, 4.69) is 29.7 Å². The third-order valence-corrected chi connectivity index (χ3v) is 8.60. The van der Waals surface area contributed by atoms with E-state index in [1.54, 1.807) is 6.07 Å². The average molecular weight is 565 g/mol. The van der Waals surface area contributed by atoms with E-state index in [4.69, 9.17) is 29.0 Å². The van der Waals surface area contributed by atoms with E-state index in [1.807, 2.05) is 24.3 Å². The first-order valence-electron chi connectivity index (χ1n) is 13.9. The molecule has 10 heteroatoms. The van der Waals surface area contributed by atoms with Crippen molar-refractivity contribution in [3.63, 3.8) is 0 Å². The van der Waals surface area contributed by atoms with Gasteiger partial charge in [-0.25, -0.2) is 9.59 Å². The van der Waals surface area contributed by atoms with Crippen LogP contribution in [0.25, 0.3) is 0 Å². The first kappa shape index (κ1) is 31.6. The number of benzene rings is 2. The van der Waals surface area contributed by atoms with Gasteiger partial charge in [0.05, 0.1) is 18.2 Å². The van der Waals surface area contributed by atoms with Gasteiger partial charge in [-0.3, -0.25) is 9.80 Å². The zero-order valence-electron chi connectivity index (χ0n) is 23.6. The van der Waals surface area contributed by atoms with Crippen molar-refractivity contribution >= 4 is 24.2 Å². The maximum Gasteiger partial charge on any atom is 0.373 e. The lowest BCUT2D eigenvalue weighted by Crippen LogP contribution is -2.37. The van der Waals surface area contributed by atoms with Crippen LogP contribution in [0.2, 0.25) is 0 Å². The number of carbonyl (C=O) groups is 2. The topological polar surface area (TPSA) is 138 Å². The van der Waals surface area contributed by atoms with E-state index in [9.17, 15) is 9.59 Å². The van der Waals surface area contributed by atoms with Crippen LogP contribution in [0, 0.1) is 0 Å². The Morgan fingerprint density at radius 1 is 0.780 bits per heavy atom. The molecule has 6 rings (SSSR count). The summed E-state index contributed by atoms with van der Waals surface area (Å²) in [5.41, 5.74) is 6.46. The summed E-state index contributed by atoms with van der Waals surface area (Å²) in [4.78, 5) is 60.2. The lowest BCUT2D eigenvalue weighted by Gasteiger charge is -2.35. The van der Waals surface area contributed by atoms with Gasteiger partial charge in [-0.05, 0) is 98.1 Å². The zero-order chi connectivity index (χ0) is 30.1. The molecule has 218 valence electrons. The van der Waals surface area contributed by atoms with Crippen LogP contribution in [-0.2, 0) is 36.8 Å². The number of esters is 1. The molecule has 0 spiro atoms. The fourth-order valence-corrected chi connectivity index (χ4v) is 7.00. The molecule has 2 aromatic rings. The van der Waals surface area contributed by atoms with E-state index in [0.29, 0.717) is 35.3 Å². The molecule has 4 heterocycles. The summed E-state index contributed by atoms with van der Waals surface area (Å²) in [7, 11) is 1.44. The quantitative estimate of drug-likeness (QED) is 0.545. The molecule has 41 heavy (non-hydrogen) atoms. The van der Waals surface area contributed by atoms with E-state index >= 15 is 0 Å². The molecule has 4 aliphatic rings. The summed E-state index contributed by atoms with van der Waals surface area (Å²) in [5, 5.41) is 9.07. The number of aromatic carboxylic acids is 1. The fourth-order valence-electron chi connectivity index (χ4n) is 7.00. The van der Waals surface area contributed by atoms with Crippen LogP contribution in [0.4, 0.5) is 0 Å². The van der Waals surface area contributed by atoms with Crippen LogP contribution in [0.15, 0.2) is 36.4 Å². The highest BCUT2D eigenvalue weighted by Crippen LogP contribution is 2.44. The molecule has 0 amide bonds. The smallest absolute Gasteiger partial charge is 0.373 e. The number of likely N-dealkylation sites (N-methyl/N-ethyl adjacent to an activating group) is 2. The molecule has 2 saturated heterocycles. The Balaban J connectivity index is 0.000000190. The standard InChI is InChI=1S/C15H19NO2.C14H17NO2.2CO2/c1-3-16-12-6-7-14(16)13-9-11(15(17)18-2)5-4-10(13)8-12;1-2-15-11-5-6-13(15)12-8-10(14(16)17)4-3-9(12)7-11;2*2-1-3/h4-5,9,12,14H,3,6-8H2,1-2H3;3-4,8,11,13H,2,5-7H2,1H3,(H,16,17);;. The monoisotopic (exact) mass is 564 g/mol. The largest absolute Gasteiger partial charge is 0.478 e. The molecule has 10 nitrogen and oxygen atoms in total. The number of ether oxygens (including phenoxy) is 1. The van der Waals surface area contributed by atoms with Gasteiger partial charge in [0, 0.05) is 24.2 Å². The predicted octanol–water partition coefficient (Wildman–Crippen LogP) is 3.85. The van der Waals surface area contributed by atoms with Crippen molar-refractivity contribution < 1.29 is 38.6 Å². The summed E-state index contributed by atoms with van der Waals surface area (Å²) < 4.78 is 4.81. The van der Waals surface area contributed by atoms with E-state index in [1.165, 1.54) is 55.0 Å². The molecule has 0 saturated carbocycles. The Kier molecular flexibility index (Phi) is 11.3. The SMILES string of the molecule is CCN1C2CCC1c1cc(C(=O)O)ccc1C2.CCN1C2CCC1c1cc(C(=O)OC)ccc1C2.O=C=O.O=C=O. The maximum atomic E-state index is 11.6. The zero-order valence-corrected chi connectivity index (χ0v) is 23.6. The second kappa shape index (κ2) is 14.6. The van der Waals surface area contributed by atoms with Gasteiger partial charge in [-0.15, -0.1) is 0 Å². The van der Waals surface area contributed by atoms with Crippen LogP contribution in [-0.4, -0.2) is 71.4 Å². The number of hydrogen-bond acceptors (Lipinski definition) is 9. The third kappa shape index (κ3) is 6.87. The van der Waals surface area contributed by atoms with Crippen molar-refractivity contribution in [2.75, 3.05) is 20.2 Å². The number of carbonyl (C=O) groups excluding carboxylic acids is 5. The normalized spacial score (nSPS) is 22.9. The molecular formula is C31H36N2O8. The first-order valence-corrected chi connectivity index (χ1v) is 13.9. The van der Waals surface area contributed by atoms with Gasteiger partial charge >= 0.3 is 24.2 Å². The first-order chi connectivity index (χ1) is 19.8. The van der Waals surface area contributed by atoms with Crippen molar-refractivity contribution in [2.45, 2.75) is 76.5 Å². The molecule has 2 fully saturated rings. The number of rotatable bonds is 4. The molecule has 4 atom stereocenters. The number of carboxylic acid groups (broad SMARTS) is 1. The molecule has 4 unspecified atom stereocenters. The van der Waals surface area contributed by atoms with E-state index < -0.39 is 5.97 Å². The number of hydrogen-bond donors (Lipinski definition) is 1. The van der Waals surface area contributed by atoms with E-state index in [0.717, 1.165) is 25.9 Å². The Morgan fingerprint density at radius 2 is 1.20 bits per heavy atom. The van der Waals surface area contributed by atoms with Gasteiger partial charge in [0.2, 0.25) is 0 Å². The van der Waals surface area contributed by atoms with Crippen molar-refractivity contribution in [3.05, 3.63) is 69.8 Å². The Bertz CT molecular complexity index is 1300. The molecule has 0 aliphatic carbocycles. The Morgan fingerprint density at radius 3 is 1.59 bits per heavy atom. The van der Waals surface area contributed by atoms with Crippen molar-refractivity contribution in [1.29, 1.82) is 0 Å². The van der Waals surface area contributed by atoms with Crippen LogP contribution >= 0.6 is 0 Å². The van der Waals surface area contributed by atoms with Crippen molar-refractivity contribution in [2.24, 2.45) is 0 Å². The highest BCUT2D eigenvalue weighted by atomic mass is 16.5. The number of methoxy groups -OCH3 is 1. The third-order valence-electron chi connectivity index (χ3n) is 8.60. The molecule has 0 aromatic heterocycles. The van der Waals surface area contributed by atoms with Crippen molar-refractivity contribution in [1.82, 2.24) is 9.80 Å².